The van der Waals surface area contributed by atoms with Gasteiger partial charge in [-0.1, -0.05) is 38.5 Å². The molecular weight excluding hydrogens is 228 g/mol. The van der Waals surface area contributed by atoms with E-state index in [0.717, 1.165) is 11.9 Å². The maximum absolute atomic E-state index is 5.61. The molecule has 0 saturated heterocycles. The smallest absolute Gasteiger partial charge is 0.320 e. The molecule has 0 aromatic rings. The molecule has 92 valence electrons. The van der Waals surface area contributed by atoms with Crippen LogP contribution in [0.25, 0.3) is 0 Å². The van der Waals surface area contributed by atoms with Gasteiger partial charge in [0.05, 0.1) is 0 Å². The van der Waals surface area contributed by atoms with Gasteiger partial charge in [0.1, 0.15) is 0 Å². The highest BCUT2D eigenvalue weighted by Crippen LogP contribution is 2.10. The van der Waals surface area contributed by atoms with E-state index >= 15 is 0 Å². The molecule has 0 aromatic heterocycles. The zero-order valence-corrected chi connectivity index (χ0v) is 12.0. The normalized spacial score (nSPS) is 11.2. The Hall–Kier alpha value is 0.427. The van der Waals surface area contributed by atoms with E-state index in [1.54, 1.807) is 14.2 Å². The van der Waals surface area contributed by atoms with E-state index in [-0.39, 0.29) is 0 Å². The van der Waals surface area contributed by atoms with Crippen LogP contribution in [0, 0.1) is 0 Å². The molecule has 0 saturated carbocycles. The van der Waals surface area contributed by atoms with E-state index in [1.807, 2.05) is 0 Å². The van der Waals surface area contributed by atoms with Gasteiger partial charge in [0.15, 0.2) is 0 Å². The Morgan fingerprint density at radius 2 is 1.27 bits per heavy atom. The van der Waals surface area contributed by atoms with E-state index in [4.69, 9.17) is 20.5 Å². The summed E-state index contributed by atoms with van der Waals surface area (Å²) in [5.41, 5.74) is 0. The fourth-order valence-corrected chi connectivity index (χ4v) is 3.10. The Morgan fingerprint density at radius 3 is 1.73 bits per heavy atom. The molecule has 0 aliphatic carbocycles. The summed E-state index contributed by atoms with van der Waals surface area (Å²) in [6.45, 7) is 0. The lowest BCUT2D eigenvalue weighted by atomic mass is 10.1. The average Bonchev–Trinajstić information content (AvgIpc) is 2.27. The lowest BCUT2D eigenvalue weighted by Crippen LogP contribution is -2.18. The van der Waals surface area contributed by atoms with E-state index in [9.17, 15) is 0 Å². The van der Waals surface area contributed by atoms with Gasteiger partial charge in [-0.25, -0.2) is 0 Å². The van der Waals surface area contributed by atoms with Crippen molar-refractivity contribution in [1.29, 1.82) is 0 Å². The van der Waals surface area contributed by atoms with Crippen LogP contribution in [0.4, 0.5) is 0 Å². The predicted octanol–water partition coefficient (Wildman–Crippen LogP) is 3.47. The molecule has 0 N–H and O–H groups in total. The Balaban J connectivity index is 3.04. The van der Waals surface area contributed by atoms with Crippen molar-refractivity contribution in [3.63, 3.8) is 0 Å². The third-order valence-corrected chi connectivity index (χ3v) is 4.80. The van der Waals surface area contributed by atoms with E-state index in [1.165, 1.54) is 44.9 Å². The van der Waals surface area contributed by atoms with Gasteiger partial charge >= 0.3 is 9.28 Å². The van der Waals surface area contributed by atoms with Gasteiger partial charge in [-0.05, 0) is 12.5 Å². The summed E-state index contributed by atoms with van der Waals surface area (Å²) < 4.78 is 10.5. The summed E-state index contributed by atoms with van der Waals surface area (Å²) in [4.78, 5) is 0. The van der Waals surface area contributed by atoms with Crippen molar-refractivity contribution < 1.29 is 8.85 Å². The zero-order chi connectivity index (χ0) is 11.4. The van der Waals surface area contributed by atoms with Crippen molar-refractivity contribution in [2.75, 3.05) is 20.1 Å². The summed E-state index contributed by atoms with van der Waals surface area (Å²) in [6.07, 6.45) is 9.06. The standard InChI is InChI=1S/C11H25ClO2Si/c1-13-15(14-2)11-9-7-5-3-4-6-8-10-12/h15H,3-11H2,1-2H3. The third kappa shape index (κ3) is 10.7. The van der Waals surface area contributed by atoms with Crippen LogP contribution < -0.4 is 0 Å². The van der Waals surface area contributed by atoms with Crippen LogP contribution in [0.5, 0.6) is 0 Å². The van der Waals surface area contributed by atoms with Crippen molar-refractivity contribution in [3.05, 3.63) is 0 Å². The quantitative estimate of drug-likeness (QED) is 0.319. The first kappa shape index (κ1) is 15.4. The molecule has 0 unspecified atom stereocenters. The molecule has 0 aliphatic rings. The highest BCUT2D eigenvalue weighted by molar-refractivity contribution is 6.44. The monoisotopic (exact) mass is 252 g/mol. The SMILES string of the molecule is CO[SiH](CCCCCCCCCCl)OC. The van der Waals surface area contributed by atoms with Crippen LogP contribution >= 0.6 is 11.6 Å². The second-order valence-electron chi connectivity index (χ2n) is 3.85. The highest BCUT2D eigenvalue weighted by atomic mass is 35.5. The van der Waals surface area contributed by atoms with Gasteiger partial charge in [0.2, 0.25) is 0 Å². The summed E-state index contributed by atoms with van der Waals surface area (Å²) in [5, 5.41) is 0. The number of alkyl halides is 1. The average molecular weight is 253 g/mol. The fraction of sp³-hybridized carbons (Fsp3) is 1.00. The van der Waals surface area contributed by atoms with Gasteiger partial charge in [-0.2, -0.15) is 0 Å². The molecular formula is C11H25ClO2Si. The van der Waals surface area contributed by atoms with Crippen molar-refractivity contribution >= 4 is 20.9 Å². The maximum atomic E-state index is 5.61. The fourth-order valence-electron chi connectivity index (χ4n) is 1.62. The third-order valence-electron chi connectivity index (χ3n) is 2.60. The Bertz CT molecular complexity index is 121. The molecule has 4 heteroatoms. The number of hydrogen-bond acceptors (Lipinski definition) is 2. The molecule has 0 fully saturated rings. The molecule has 0 aromatic carbocycles. The molecule has 15 heavy (non-hydrogen) atoms. The molecule has 0 aliphatic heterocycles. The minimum atomic E-state index is -1.28. The van der Waals surface area contributed by atoms with Crippen LogP contribution in [0.1, 0.15) is 44.9 Å². The number of hydrogen-bond donors (Lipinski definition) is 0. The zero-order valence-electron chi connectivity index (χ0n) is 10.1. The Kier molecular flexibility index (Phi) is 12.9. The highest BCUT2D eigenvalue weighted by Gasteiger charge is 2.07. The summed E-state index contributed by atoms with van der Waals surface area (Å²) in [6, 6.07) is 1.15. The second kappa shape index (κ2) is 12.5. The van der Waals surface area contributed by atoms with Crippen molar-refractivity contribution in [3.8, 4) is 0 Å². The lowest BCUT2D eigenvalue weighted by Gasteiger charge is -2.09. The predicted molar refractivity (Wildman–Crippen MR) is 69.0 cm³/mol. The van der Waals surface area contributed by atoms with Gasteiger partial charge < -0.3 is 8.85 Å². The number of halogens is 1. The summed E-state index contributed by atoms with van der Waals surface area (Å²) in [5.74, 6) is 0.814. The van der Waals surface area contributed by atoms with Crippen LogP contribution in [0.2, 0.25) is 6.04 Å². The minimum absolute atomic E-state index is 0.814. The molecule has 0 amide bonds. The van der Waals surface area contributed by atoms with Gasteiger partial charge in [-0.3, -0.25) is 0 Å². The van der Waals surface area contributed by atoms with Crippen molar-refractivity contribution in [2.24, 2.45) is 0 Å². The lowest BCUT2D eigenvalue weighted by molar-refractivity contribution is 0.276. The van der Waals surface area contributed by atoms with Gasteiger partial charge in [-0.15, -0.1) is 11.6 Å². The largest absolute Gasteiger partial charge is 0.400 e. The summed E-state index contributed by atoms with van der Waals surface area (Å²) in [7, 11) is 2.23. The number of rotatable bonds is 11. The van der Waals surface area contributed by atoms with Crippen LogP contribution in [0.3, 0.4) is 0 Å². The van der Waals surface area contributed by atoms with Crippen LogP contribution in [-0.2, 0) is 8.85 Å². The first-order valence-corrected chi connectivity index (χ1v) is 8.26. The van der Waals surface area contributed by atoms with Gasteiger partial charge in [0.25, 0.3) is 0 Å². The van der Waals surface area contributed by atoms with Crippen molar-refractivity contribution in [2.45, 2.75) is 51.0 Å². The molecule has 0 bridgehead atoms. The first-order chi connectivity index (χ1) is 7.35. The minimum Gasteiger partial charge on any atom is -0.400 e. The van der Waals surface area contributed by atoms with Crippen molar-refractivity contribution in [1.82, 2.24) is 0 Å². The first-order valence-electron chi connectivity index (χ1n) is 5.96. The molecule has 0 heterocycles. The molecule has 2 nitrogen and oxygen atoms in total. The van der Waals surface area contributed by atoms with Crippen LogP contribution in [0.15, 0.2) is 0 Å². The summed E-state index contributed by atoms with van der Waals surface area (Å²) >= 11 is 5.61. The number of unbranched alkanes of at least 4 members (excludes halogenated alkanes) is 6. The second-order valence-corrected chi connectivity index (χ2v) is 6.61. The Labute approximate surface area is 101 Å². The Morgan fingerprint density at radius 1 is 0.800 bits per heavy atom. The topological polar surface area (TPSA) is 18.5 Å². The van der Waals surface area contributed by atoms with E-state index < -0.39 is 9.28 Å². The van der Waals surface area contributed by atoms with Gasteiger partial charge in [0, 0.05) is 20.1 Å². The van der Waals surface area contributed by atoms with E-state index in [2.05, 4.69) is 0 Å². The van der Waals surface area contributed by atoms with E-state index in [0.29, 0.717) is 0 Å². The van der Waals surface area contributed by atoms with Crippen LogP contribution in [-0.4, -0.2) is 29.4 Å². The molecule has 0 rings (SSSR count). The maximum Gasteiger partial charge on any atom is 0.320 e. The molecule has 0 spiro atoms. The molecule has 0 atom stereocenters. The molecule has 0 radical (unpaired) electrons.